The molecule has 0 unspecified atom stereocenters. The molecule has 0 spiro atoms. The molecule has 8 heteroatoms. The predicted molar refractivity (Wildman–Crippen MR) is 67.9 cm³/mol. The van der Waals surface area contributed by atoms with Crippen LogP contribution in [0.2, 0.25) is 0 Å². The van der Waals surface area contributed by atoms with Crippen LogP contribution in [0, 0.1) is 0 Å². The summed E-state index contributed by atoms with van der Waals surface area (Å²) >= 11 is 0. The highest BCUT2D eigenvalue weighted by molar-refractivity contribution is 5.53. The first kappa shape index (κ1) is 15.1. The number of aromatic amines is 1. The van der Waals surface area contributed by atoms with Crippen LogP contribution in [0.1, 0.15) is 26.3 Å². The van der Waals surface area contributed by atoms with E-state index in [4.69, 9.17) is 9.15 Å². The first-order valence-electron chi connectivity index (χ1n) is 6.01. The van der Waals surface area contributed by atoms with Crippen LogP contribution in [-0.2, 0) is 6.18 Å². The minimum Gasteiger partial charge on any atom is -0.472 e. The van der Waals surface area contributed by atoms with Crippen LogP contribution in [0.3, 0.4) is 0 Å². The minimum absolute atomic E-state index is 0.0546. The van der Waals surface area contributed by atoms with Crippen molar-refractivity contribution in [1.82, 2.24) is 9.97 Å². The van der Waals surface area contributed by atoms with Gasteiger partial charge in [0.1, 0.15) is 17.7 Å². The summed E-state index contributed by atoms with van der Waals surface area (Å²) in [5.74, 6) is -0.809. The molecule has 2 aromatic rings. The van der Waals surface area contributed by atoms with Crippen molar-refractivity contribution in [3.05, 3.63) is 34.5 Å². The van der Waals surface area contributed by atoms with Crippen molar-refractivity contribution in [2.24, 2.45) is 0 Å². The van der Waals surface area contributed by atoms with E-state index in [9.17, 15) is 18.0 Å². The van der Waals surface area contributed by atoms with E-state index in [2.05, 4.69) is 9.97 Å². The third-order valence-electron chi connectivity index (χ3n) is 2.37. The predicted octanol–water partition coefficient (Wildman–Crippen LogP) is 3.23. The van der Waals surface area contributed by atoms with E-state index in [1.165, 1.54) is 18.6 Å². The molecule has 0 atom stereocenters. The zero-order chi connectivity index (χ0) is 15.8. The van der Waals surface area contributed by atoms with Crippen LogP contribution in [0.15, 0.2) is 27.8 Å². The van der Waals surface area contributed by atoms with Gasteiger partial charge >= 0.3 is 6.18 Å². The summed E-state index contributed by atoms with van der Waals surface area (Å²) in [6, 6.07) is 1.46. The lowest BCUT2D eigenvalue weighted by Crippen LogP contribution is -2.30. The number of ether oxygens (including phenoxy) is 1. The molecule has 0 aliphatic heterocycles. The summed E-state index contributed by atoms with van der Waals surface area (Å²) in [6.45, 7) is 4.69. The largest absolute Gasteiger partial charge is 0.472 e. The number of H-pyrrole nitrogens is 1. The molecule has 114 valence electrons. The quantitative estimate of drug-likeness (QED) is 0.924. The number of hydrogen-bond acceptors (Lipinski definition) is 4. The average Bonchev–Trinajstić information content (AvgIpc) is 2.76. The fourth-order valence-corrected chi connectivity index (χ4v) is 1.60. The fraction of sp³-hybridized carbons (Fsp3) is 0.385. The van der Waals surface area contributed by atoms with Crippen LogP contribution in [0.4, 0.5) is 13.2 Å². The first-order chi connectivity index (χ1) is 9.58. The van der Waals surface area contributed by atoms with E-state index in [0.29, 0.717) is 5.56 Å². The molecule has 0 aliphatic rings. The summed E-state index contributed by atoms with van der Waals surface area (Å²) < 4.78 is 49.0. The molecule has 0 fully saturated rings. The molecule has 1 N–H and O–H groups in total. The van der Waals surface area contributed by atoms with E-state index < -0.39 is 28.8 Å². The van der Waals surface area contributed by atoms with Crippen molar-refractivity contribution in [2.45, 2.75) is 32.5 Å². The molecule has 2 aromatic heterocycles. The Balaban J connectivity index is 2.65. The molecule has 0 saturated heterocycles. The molecule has 21 heavy (non-hydrogen) atoms. The van der Waals surface area contributed by atoms with E-state index in [1.54, 1.807) is 20.8 Å². The van der Waals surface area contributed by atoms with Gasteiger partial charge in [0, 0.05) is 0 Å². The van der Waals surface area contributed by atoms with Gasteiger partial charge in [0.2, 0.25) is 5.88 Å². The summed E-state index contributed by atoms with van der Waals surface area (Å²) in [4.78, 5) is 17.6. The summed E-state index contributed by atoms with van der Waals surface area (Å²) in [6.07, 6.45) is -2.29. The van der Waals surface area contributed by atoms with Crippen LogP contribution >= 0.6 is 0 Å². The number of halogens is 3. The monoisotopic (exact) mass is 302 g/mol. The Labute approximate surface area is 117 Å². The standard InChI is InChI=1S/C13H13F3N2O3/c1-12(2,3)21-11-8(13(14,15)16)10(19)17-9(18-11)7-4-5-20-6-7/h4-6H,1-3H3,(H,17,18,19). The molecule has 2 heterocycles. The highest BCUT2D eigenvalue weighted by atomic mass is 19.4. The second-order valence-corrected chi connectivity index (χ2v) is 5.32. The van der Waals surface area contributed by atoms with E-state index in [-0.39, 0.29) is 5.82 Å². The number of hydrogen-bond donors (Lipinski definition) is 1. The maximum absolute atomic E-state index is 13.0. The molecule has 0 amide bonds. The van der Waals surface area contributed by atoms with Gasteiger partial charge in [-0.25, -0.2) is 0 Å². The zero-order valence-electron chi connectivity index (χ0n) is 11.5. The van der Waals surface area contributed by atoms with Crippen LogP contribution < -0.4 is 10.3 Å². The number of aromatic nitrogens is 2. The first-order valence-corrected chi connectivity index (χ1v) is 6.01. The molecule has 5 nitrogen and oxygen atoms in total. The minimum atomic E-state index is -4.86. The molecule has 0 bridgehead atoms. The molecule has 0 saturated carbocycles. The Bertz CT molecular complexity index is 682. The third-order valence-corrected chi connectivity index (χ3v) is 2.37. The van der Waals surface area contributed by atoms with Crippen molar-refractivity contribution in [2.75, 3.05) is 0 Å². The van der Waals surface area contributed by atoms with E-state index in [1.807, 2.05) is 0 Å². The normalized spacial score (nSPS) is 12.5. The number of furan rings is 1. The van der Waals surface area contributed by atoms with Gasteiger partial charge < -0.3 is 14.1 Å². The average molecular weight is 302 g/mol. The van der Waals surface area contributed by atoms with Gasteiger partial charge in [-0.3, -0.25) is 4.79 Å². The Morgan fingerprint density at radius 2 is 1.95 bits per heavy atom. The highest BCUT2D eigenvalue weighted by Crippen LogP contribution is 2.34. The number of rotatable bonds is 2. The number of alkyl halides is 3. The Morgan fingerprint density at radius 3 is 2.43 bits per heavy atom. The van der Waals surface area contributed by atoms with E-state index >= 15 is 0 Å². The Morgan fingerprint density at radius 1 is 1.29 bits per heavy atom. The maximum atomic E-state index is 13.0. The molecular weight excluding hydrogens is 289 g/mol. The lowest BCUT2D eigenvalue weighted by molar-refractivity contribution is -0.141. The topological polar surface area (TPSA) is 68.1 Å². The van der Waals surface area contributed by atoms with Gasteiger partial charge in [-0.2, -0.15) is 18.2 Å². The van der Waals surface area contributed by atoms with Crippen molar-refractivity contribution in [3.8, 4) is 17.3 Å². The molecule has 0 radical (unpaired) electrons. The van der Waals surface area contributed by atoms with Crippen molar-refractivity contribution < 1.29 is 22.3 Å². The van der Waals surface area contributed by atoms with Crippen molar-refractivity contribution in [1.29, 1.82) is 0 Å². The highest BCUT2D eigenvalue weighted by Gasteiger charge is 2.40. The summed E-state index contributed by atoms with van der Waals surface area (Å²) in [7, 11) is 0. The van der Waals surface area contributed by atoms with Crippen LogP contribution in [0.25, 0.3) is 11.4 Å². The van der Waals surface area contributed by atoms with E-state index in [0.717, 1.165) is 0 Å². The molecule has 0 aromatic carbocycles. The van der Waals surface area contributed by atoms with Gasteiger partial charge in [-0.1, -0.05) is 0 Å². The van der Waals surface area contributed by atoms with Crippen LogP contribution in [-0.4, -0.2) is 15.6 Å². The molecule has 0 aliphatic carbocycles. The summed E-state index contributed by atoms with van der Waals surface area (Å²) in [5.41, 5.74) is -3.36. The van der Waals surface area contributed by atoms with Gasteiger partial charge in [0.05, 0.1) is 11.8 Å². The molecule has 2 rings (SSSR count). The SMILES string of the molecule is CC(C)(C)Oc1nc(-c2ccoc2)[nH]c(=O)c1C(F)(F)F. The van der Waals surface area contributed by atoms with Gasteiger partial charge in [0.25, 0.3) is 5.56 Å². The molecular formula is C13H13F3N2O3. The smallest absolute Gasteiger partial charge is 0.426 e. The van der Waals surface area contributed by atoms with Crippen molar-refractivity contribution >= 4 is 0 Å². The van der Waals surface area contributed by atoms with Gasteiger partial charge in [-0.05, 0) is 26.8 Å². The lowest BCUT2D eigenvalue weighted by atomic mass is 10.2. The fourth-order valence-electron chi connectivity index (χ4n) is 1.60. The maximum Gasteiger partial charge on any atom is 0.426 e. The third kappa shape index (κ3) is 3.45. The van der Waals surface area contributed by atoms with Crippen molar-refractivity contribution in [3.63, 3.8) is 0 Å². The Kier molecular flexibility index (Phi) is 3.56. The number of nitrogens with one attached hydrogen (secondary N) is 1. The lowest BCUT2D eigenvalue weighted by Gasteiger charge is -2.22. The second kappa shape index (κ2) is 4.94. The van der Waals surface area contributed by atoms with Crippen LogP contribution in [0.5, 0.6) is 5.88 Å². The number of nitrogens with zero attached hydrogens (tertiary/aromatic N) is 1. The second-order valence-electron chi connectivity index (χ2n) is 5.32. The van der Waals surface area contributed by atoms with Gasteiger partial charge in [-0.15, -0.1) is 0 Å². The summed E-state index contributed by atoms with van der Waals surface area (Å²) in [5, 5.41) is 0. The Hall–Kier alpha value is -2.25. The zero-order valence-corrected chi connectivity index (χ0v) is 11.5. The van der Waals surface area contributed by atoms with Gasteiger partial charge in [0.15, 0.2) is 5.56 Å².